The second-order valence-electron chi connectivity index (χ2n) is 8.07. The molecule has 0 bridgehead atoms. The van der Waals surface area contributed by atoms with Gasteiger partial charge in [-0.15, -0.1) is 0 Å². The monoisotopic (exact) mass is 510 g/mol. The van der Waals surface area contributed by atoms with Crippen molar-refractivity contribution in [3.63, 3.8) is 0 Å². The molecule has 0 unspecified atom stereocenters. The molecule has 0 aliphatic heterocycles. The molecule has 0 atom stereocenters. The fraction of sp³-hybridized carbons (Fsp3) is 0.100. The standard InChI is InChI=1S/C30H28GeO3/c1-23(30(32)34-3)29(24-19-21-28(33-2)22-20-24)31(25-13-7-4-8-14-25,26-15-9-5-10-16-26)27-17-11-6-12-18-27/h4-22H,1-3H3/b29-23-. The Morgan fingerprint density at radius 1 is 0.618 bits per heavy atom. The van der Waals surface area contributed by atoms with Crippen LogP contribution in [0.15, 0.2) is 121 Å². The predicted octanol–water partition coefficient (Wildman–Crippen LogP) is 4.35. The molecule has 4 heteroatoms. The second-order valence-corrected chi connectivity index (χ2v) is 15.9. The number of esters is 1. The fourth-order valence-corrected chi connectivity index (χ4v) is 15.7. The first-order valence-corrected chi connectivity index (χ1v) is 15.4. The average Bonchev–Trinajstić information content (AvgIpc) is 2.92. The molecule has 0 fully saturated rings. The van der Waals surface area contributed by atoms with Crippen LogP contribution in [0, 0.1) is 0 Å². The Bertz CT molecular complexity index is 1170. The molecule has 0 amide bonds. The van der Waals surface area contributed by atoms with Crippen molar-refractivity contribution in [1.29, 1.82) is 0 Å². The normalized spacial score (nSPS) is 12.0. The molecule has 0 aromatic heterocycles. The van der Waals surface area contributed by atoms with E-state index in [0.29, 0.717) is 5.57 Å². The molecule has 0 spiro atoms. The van der Waals surface area contributed by atoms with Crippen LogP contribution in [0.3, 0.4) is 0 Å². The minimum absolute atomic E-state index is 0.316. The van der Waals surface area contributed by atoms with Crippen LogP contribution in [0.2, 0.25) is 0 Å². The van der Waals surface area contributed by atoms with E-state index < -0.39 is 13.3 Å². The molecule has 0 N–H and O–H groups in total. The molecule has 34 heavy (non-hydrogen) atoms. The number of methoxy groups -OCH3 is 2. The van der Waals surface area contributed by atoms with Crippen molar-refractivity contribution < 1.29 is 14.3 Å². The molecular weight excluding hydrogens is 481 g/mol. The summed E-state index contributed by atoms with van der Waals surface area (Å²) in [7, 11) is 3.10. The van der Waals surface area contributed by atoms with Crippen molar-refractivity contribution in [1.82, 2.24) is 0 Å². The van der Waals surface area contributed by atoms with E-state index in [2.05, 4.69) is 84.9 Å². The number of carbonyl (C=O) groups is 1. The van der Waals surface area contributed by atoms with Crippen LogP contribution in [0.4, 0.5) is 0 Å². The van der Waals surface area contributed by atoms with Gasteiger partial charge in [-0.25, -0.2) is 0 Å². The number of hydrogen-bond donors (Lipinski definition) is 0. The summed E-state index contributed by atoms with van der Waals surface area (Å²) >= 11 is -3.68. The van der Waals surface area contributed by atoms with E-state index in [0.717, 1.165) is 15.7 Å². The van der Waals surface area contributed by atoms with E-state index in [4.69, 9.17) is 9.47 Å². The summed E-state index contributed by atoms with van der Waals surface area (Å²) < 4.78 is 15.5. The third-order valence-electron chi connectivity index (χ3n) is 6.24. The molecule has 4 aromatic rings. The Morgan fingerprint density at radius 2 is 1.03 bits per heavy atom. The Balaban J connectivity index is 2.21. The third kappa shape index (κ3) is 4.31. The van der Waals surface area contributed by atoms with Gasteiger partial charge < -0.3 is 0 Å². The average molecular weight is 509 g/mol. The van der Waals surface area contributed by atoms with Crippen LogP contribution >= 0.6 is 0 Å². The minimum atomic E-state index is -3.68. The summed E-state index contributed by atoms with van der Waals surface area (Å²) in [4.78, 5) is 13.1. The van der Waals surface area contributed by atoms with Gasteiger partial charge in [0.05, 0.1) is 0 Å². The summed E-state index contributed by atoms with van der Waals surface area (Å²) in [6, 6.07) is 39.8. The van der Waals surface area contributed by atoms with Gasteiger partial charge in [-0.1, -0.05) is 0 Å². The number of benzene rings is 4. The zero-order valence-corrected chi connectivity index (χ0v) is 21.8. The van der Waals surface area contributed by atoms with Crippen molar-refractivity contribution in [2.75, 3.05) is 14.2 Å². The van der Waals surface area contributed by atoms with Crippen LogP contribution in [0.1, 0.15) is 12.5 Å². The summed E-state index contributed by atoms with van der Waals surface area (Å²) in [6.07, 6.45) is 0. The van der Waals surface area contributed by atoms with E-state index in [1.165, 1.54) is 20.3 Å². The maximum atomic E-state index is 13.1. The van der Waals surface area contributed by atoms with Crippen LogP contribution < -0.4 is 17.9 Å². The van der Waals surface area contributed by atoms with Gasteiger partial charge in [0, 0.05) is 0 Å². The van der Waals surface area contributed by atoms with E-state index in [-0.39, 0.29) is 5.97 Å². The zero-order chi connectivity index (χ0) is 24.0. The third-order valence-corrected chi connectivity index (χ3v) is 16.8. The molecule has 4 rings (SSSR count). The molecular formula is C30H28GeO3. The van der Waals surface area contributed by atoms with E-state index >= 15 is 0 Å². The van der Waals surface area contributed by atoms with Crippen LogP contribution in [0.25, 0.3) is 4.41 Å². The van der Waals surface area contributed by atoms with Gasteiger partial charge in [-0.2, -0.15) is 0 Å². The maximum absolute atomic E-state index is 13.1. The first-order valence-electron chi connectivity index (χ1n) is 11.2. The summed E-state index contributed by atoms with van der Waals surface area (Å²) in [5, 5.41) is 0. The van der Waals surface area contributed by atoms with Gasteiger partial charge in [-0.3, -0.25) is 0 Å². The van der Waals surface area contributed by atoms with E-state index in [1.54, 1.807) is 7.11 Å². The molecule has 0 heterocycles. The van der Waals surface area contributed by atoms with Crippen molar-refractivity contribution in [2.45, 2.75) is 6.92 Å². The van der Waals surface area contributed by atoms with Crippen molar-refractivity contribution in [3.05, 3.63) is 126 Å². The topological polar surface area (TPSA) is 35.5 Å². The number of ether oxygens (including phenoxy) is 2. The second kappa shape index (κ2) is 10.6. The zero-order valence-electron chi connectivity index (χ0n) is 19.7. The molecule has 0 aliphatic carbocycles. The molecule has 3 nitrogen and oxygen atoms in total. The molecule has 4 aromatic carbocycles. The van der Waals surface area contributed by atoms with Gasteiger partial charge in [0.2, 0.25) is 0 Å². The molecule has 0 saturated heterocycles. The van der Waals surface area contributed by atoms with Crippen molar-refractivity contribution in [2.24, 2.45) is 0 Å². The summed E-state index contributed by atoms with van der Waals surface area (Å²) in [5.41, 5.74) is 1.63. The van der Waals surface area contributed by atoms with Gasteiger partial charge in [0.15, 0.2) is 0 Å². The Kier molecular flexibility index (Phi) is 7.34. The van der Waals surface area contributed by atoms with Gasteiger partial charge in [-0.05, 0) is 0 Å². The molecule has 0 saturated carbocycles. The van der Waals surface area contributed by atoms with Crippen molar-refractivity contribution in [3.8, 4) is 5.75 Å². The first kappa shape index (κ1) is 23.6. The Labute approximate surface area is 204 Å². The van der Waals surface area contributed by atoms with Gasteiger partial charge in [0.1, 0.15) is 0 Å². The number of rotatable bonds is 7. The summed E-state index contributed by atoms with van der Waals surface area (Å²) in [5.74, 6) is 0.458. The number of hydrogen-bond acceptors (Lipinski definition) is 3. The molecule has 170 valence electrons. The number of carbonyl (C=O) groups excluding carboxylic acids is 1. The molecule has 0 radical (unpaired) electrons. The Hall–Kier alpha value is -3.57. The van der Waals surface area contributed by atoms with Crippen molar-refractivity contribution >= 4 is 36.8 Å². The van der Waals surface area contributed by atoms with Gasteiger partial charge in [0.25, 0.3) is 0 Å². The predicted molar refractivity (Wildman–Crippen MR) is 142 cm³/mol. The Morgan fingerprint density at radius 3 is 1.38 bits per heavy atom. The SMILES string of the molecule is COC(=O)/C(C)=[C](/c1ccc(OC)cc1)[Ge]([c]1ccccc1)([c]1ccccc1)[c]1ccccc1. The first-order chi connectivity index (χ1) is 16.6. The van der Waals surface area contributed by atoms with Crippen LogP contribution in [-0.4, -0.2) is 33.5 Å². The fourth-order valence-electron chi connectivity index (χ4n) is 4.72. The van der Waals surface area contributed by atoms with E-state index in [1.807, 2.05) is 37.3 Å². The van der Waals surface area contributed by atoms with E-state index in [9.17, 15) is 4.79 Å². The quantitative estimate of drug-likeness (QED) is 0.211. The summed E-state index contributed by atoms with van der Waals surface area (Å²) in [6.45, 7) is 1.89. The molecule has 0 aliphatic rings. The van der Waals surface area contributed by atoms with Crippen LogP contribution in [-0.2, 0) is 9.53 Å². The van der Waals surface area contributed by atoms with Gasteiger partial charge >= 0.3 is 204 Å². The van der Waals surface area contributed by atoms with Crippen LogP contribution in [0.5, 0.6) is 5.75 Å².